The Hall–Kier alpha value is -1.86. The highest BCUT2D eigenvalue weighted by atomic mass is 32.2. The predicted molar refractivity (Wildman–Crippen MR) is 103 cm³/mol. The Morgan fingerprint density at radius 3 is 2.73 bits per heavy atom. The van der Waals surface area contributed by atoms with E-state index >= 15 is 0 Å². The van der Waals surface area contributed by atoms with Crippen molar-refractivity contribution in [3.63, 3.8) is 0 Å². The first-order valence-corrected chi connectivity index (χ1v) is 11.1. The lowest BCUT2D eigenvalue weighted by molar-refractivity contribution is 0.0505. The standard InChI is InChI=1S/C19H23NO4S2/c1-3-11-24-19(21)17-15-10-9-13(2)12-16(15)25-18(17)20-26(22,23)14-7-5-4-6-8-14/h4-8,13,20H,3,9-12H2,1-2H3. The number of benzene rings is 1. The second kappa shape index (κ2) is 7.80. The largest absolute Gasteiger partial charge is 0.462 e. The number of carbonyl (C=O) groups excluding carboxylic acids is 1. The third-order valence-electron chi connectivity index (χ3n) is 4.43. The Balaban J connectivity index is 1.99. The Labute approximate surface area is 158 Å². The van der Waals surface area contributed by atoms with Crippen molar-refractivity contribution in [3.8, 4) is 0 Å². The average molecular weight is 394 g/mol. The van der Waals surface area contributed by atoms with E-state index in [0.717, 1.165) is 36.1 Å². The average Bonchev–Trinajstić information content (AvgIpc) is 2.96. The molecular formula is C19H23NO4S2. The van der Waals surface area contributed by atoms with Gasteiger partial charge in [0, 0.05) is 4.88 Å². The van der Waals surface area contributed by atoms with Gasteiger partial charge in [0.1, 0.15) is 5.00 Å². The van der Waals surface area contributed by atoms with Crippen LogP contribution in [0.2, 0.25) is 0 Å². The highest BCUT2D eigenvalue weighted by Crippen LogP contribution is 2.40. The Kier molecular flexibility index (Phi) is 5.67. The maximum absolute atomic E-state index is 12.7. The van der Waals surface area contributed by atoms with Gasteiger partial charge >= 0.3 is 5.97 Å². The van der Waals surface area contributed by atoms with E-state index in [1.165, 1.54) is 23.5 Å². The number of esters is 1. The van der Waals surface area contributed by atoms with Crippen LogP contribution in [0.25, 0.3) is 0 Å². The summed E-state index contributed by atoms with van der Waals surface area (Å²) in [6, 6.07) is 8.18. The molecule has 5 nitrogen and oxygen atoms in total. The Morgan fingerprint density at radius 2 is 2.04 bits per heavy atom. The first-order chi connectivity index (χ1) is 12.4. The van der Waals surface area contributed by atoms with Gasteiger partial charge in [0.05, 0.1) is 17.1 Å². The molecule has 1 aliphatic carbocycles. The molecule has 26 heavy (non-hydrogen) atoms. The minimum absolute atomic E-state index is 0.174. The van der Waals surface area contributed by atoms with E-state index < -0.39 is 16.0 Å². The molecule has 1 aliphatic rings. The zero-order valence-corrected chi connectivity index (χ0v) is 16.6. The highest BCUT2D eigenvalue weighted by Gasteiger charge is 2.30. The molecule has 3 rings (SSSR count). The Bertz CT molecular complexity index is 888. The zero-order valence-electron chi connectivity index (χ0n) is 14.9. The maximum atomic E-state index is 12.7. The number of nitrogens with one attached hydrogen (secondary N) is 1. The van der Waals surface area contributed by atoms with Gasteiger partial charge in [-0.15, -0.1) is 11.3 Å². The third-order valence-corrected chi connectivity index (χ3v) is 7.10. The molecule has 0 aliphatic heterocycles. The monoisotopic (exact) mass is 393 g/mol. The fraction of sp³-hybridized carbons (Fsp3) is 0.421. The summed E-state index contributed by atoms with van der Waals surface area (Å²) in [7, 11) is -3.75. The van der Waals surface area contributed by atoms with Crippen molar-refractivity contribution in [2.24, 2.45) is 5.92 Å². The van der Waals surface area contributed by atoms with E-state index in [2.05, 4.69) is 11.6 Å². The Morgan fingerprint density at radius 1 is 1.31 bits per heavy atom. The summed E-state index contributed by atoms with van der Waals surface area (Å²) in [6.07, 6.45) is 3.35. The third kappa shape index (κ3) is 3.94. The van der Waals surface area contributed by atoms with Crippen molar-refractivity contribution in [3.05, 3.63) is 46.3 Å². The van der Waals surface area contributed by atoms with Gasteiger partial charge in [0.25, 0.3) is 10.0 Å². The van der Waals surface area contributed by atoms with Gasteiger partial charge < -0.3 is 4.74 Å². The molecule has 0 bridgehead atoms. The molecule has 1 aromatic heterocycles. The van der Waals surface area contributed by atoms with Gasteiger partial charge in [-0.05, 0) is 49.3 Å². The van der Waals surface area contributed by atoms with Crippen LogP contribution in [0.1, 0.15) is 47.5 Å². The maximum Gasteiger partial charge on any atom is 0.341 e. The number of carbonyl (C=O) groups is 1. The summed E-state index contributed by atoms with van der Waals surface area (Å²) >= 11 is 1.36. The summed E-state index contributed by atoms with van der Waals surface area (Å²) in [5.74, 6) is 0.0870. The van der Waals surface area contributed by atoms with Crippen molar-refractivity contribution < 1.29 is 17.9 Å². The van der Waals surface area contributed by atoms with Crippen LogP contribution in [-0.4, -0.2) is 21.0 Å². The number of hydrogen-bond donors (Lipinski definition) is 1. The van der Waals surface area contributed by atoms with Crippen LogP contribution in [0.5, 0.6) is 0 Å². The second-order valence-corrected chi connectivity index (χ2v) is 9.40. The molecule has 0 radical (unpaired) electrons. The van der Waals surface area contributed by atoms with Crippen molar-refractivity contribution in [2.75, 3.05) is 11.3 Å². The van der Waals surface area contributed by atoms with Crippen molar-refractivity contribution in [2.45, 2.75) is 44.4 Å². The fourth-order valence-corrected chi connectivity index (χ4v) is 5.81. The molecule has 1 unspecified atom stereocenters. The molecule has 0 spiro atoms. The molecule has 0 amide bonds. The van der Waals surface area contributed by atoms with Gasteiger partial charge in [-0.2, -0.15) is 0 Å². The summed E-state index contributed by atoms with van der Waals surface area (Å²) in [6.45, 7) is 4.42. The summed E-state index contributed by atoms with van der Waals surface area (Å²) in [4.78, 5) is 13.9. The fourth-order valence-electron chi connectivity index (χ4n) is 3.09. The molecule has 7 heteroatoms. The topological polar surface area (TPSA) is 72.5 Å². The molecule has 1 N–H and O–H groups in total. The van der Waals surface area contributed by atoms with E-state index in [4.69, 9.17) is 4.74 Å². The van der Waals surface area contributed by atoms with Crippen molar-refractivity contribution in [1.82, 2.24) is 0 Å². The molecule has 1 atom stereocenters. The normalized spacial score (nSPS) is 16.8. The van der Waals surface area contributed by atoms with E-state index in [0.29, 0.717) is 23.1 Å². The van der Waals surface area contributed by atoms with Gasteiger partial charge in [0.2, 0.25) is 0 Å². The predicted octanol–water partition coefficient (Wildman–Crippen LogP) is 4.24. The van der Waals surface area contributed by atoms with E-state index in [1.54, 1.807) is 18.2 Å². The molecule has 1 heterocycles. The first kappa shape index (κ1) is 18.9. The molecular weight excluding hydrogens is 370 g/mol. The molecule has 2 aromatic rings. The van der Waals surface area contributed by atoms with E-state index in [9.17, 15) is 13.2 Å². The number of ether oxygens (including phenoxy) is 1. The van der Waals surface area contributed by atoms with Crippen molar-refractivity contribution >= 4 is 32.3 Å². The lowest BCUT2D eigenvalue weighted by atomic mass is 9.88. The summed E-state index contributed by atoms with van der Waals surface area (Å²) in [5.41, 5.74) is 1.34. The summed E-state index contributed by atoms with van der Waals surface area (Å²) in [5, 5.41) is 0.369. The van der Waals surface area contributed by atoms with Crippen LogP contribution in [0.15, 0.2) is 35.2 Å². The zero-order chi connectivity index (χ0) is 18.7. The van der Waals surface area contributed by atoms with Crippen LogP contribution in [0.4, 0.5) is 5.00 Å². The SMILES string of the molecule is CCCOC(=O)c1c(NS(=O)(=O)c2ccccc2)sc2c1CCC(C)C2. The lowest BCUT2D eigenvalue weighted by Gasteiger charge is -2.18. The number of hydrogen-bond acceptors (Lipinski definition) is 5. The highest BCUT2D eigenvalue weighted by molar-refractivity contribution is 7.93. The minimum Gasteiger partial charge on any atom is -0.462 e. The molecule has 0 saturated heterocycles. The van der Waals surface area contributed by atoms with Gasteiger partial charge in [0.15, 0.2) is 0 Å². The van der Waals surface area contributed by atoms with Crippen molar-refractivity contribution in [1.29, 1.82) is 0 Å². The smallest absolute Gasteiger partial charge is 0.341 e. The number of anilines is 1. The second-order valence-electron chi connectivity index (χ2n) is 6.61. The van der Waals surface area contributed by atoms with Crippen LogP contribution in [0.3, 0.4) is 0 Å². The van der Waals surface area contributed by atoms with Crippen LogP contribution in [-0.2, 0) is 27.6 Å². The van der Waals surface area contributed by atoms with Gasteiger partial charge in [-0.25, -0.2) is 13.2 Å². The first-order valence-electron chi connectivity index (χ1n) is 8.82. The summed E-state index contributed by atoms with van der Waals surface area (Å²) < 4.78 is 33.4. The van der Waals surface area contributed by atoms with Crippen LogP contribution in [0, 0.1) is 5.92 Å². The van der Waals surface area contributed by atoms with E-state index in [-0.39, 0.29) is 4.90 Å². The number of rotatable bonds is 6. The molecule has 140 valence electrons. The minimum atomic E-state index is -3.75. The van der Waals surface area contributed by atoms with Crippen LogP contribution >= 0.6 is 11.3 Å². The van der Waals surface area contributed by atoms with Gasteiger partial charge in [-0.3, -0.25) is 4.72 Å². The number of fused-ring (bicyclic) bond motifs is 1. The molecule has 0 saturated carbocycles. The van der Waals surface area contributed by atoms with Crippen LogP contribution < -0.4 is 4.72 Å². The van der Waals surface area contributed by atoms with E-state index in [1.807, 2.05) is 6.92 Å². The number of sulfonamides is 1. The number of thiophene rings is 1. The lowest BCUT2D eigenvalue weighted by Crippen LogP contribution is -2.17. The molecule has 1 aromatic carbocycles. The molecule has 0 fully saturated rings. The van der Waals surface area contributed by atoms with Gasteiger partial charge in [-0.1, -0.05) is 32.0 Å². The quantitative estimate of drug-likeness (QED) is 0.745.